The van der Waals surface area contributed by atoms with Crippen LogP contribution in [0.15, 0.2) is 23.2 Å². The summed E-state index contributed by atoms with van der Waals surface area (Å²) in [5.41, 5.74) is 6.57. The molecule has 4 heterocycles. The van der Waals surface area contributed by atoms with E-state index in [2.05, 4.69) is 54.8 Å². The highest BCUT2D eigenvalue weighted by molar-refractivity contribution is 7.99. The third kappa shape index (κ3) is 13.4. The van der Waals surface area contributed by atoms with Gasteiger partial charge in [0.1, 0.15) is 30.2 Å². The monoisotopic (exact) mass is 986 g/mol. The van der Waals surface area contributed by atoms with Crippen molar-refractivity contribution < 1.29 is 58.2 Å². The lowest BCUT2D eigenvalue weighted by Gasteiger charge is -2.31. The number of hydrogen-bond acceptors (Lipinski definition) is 13. The topological polar surface area (TPSA) is 340 Å². The summed E-state index contributed by atoms with van der Waals surface area (Å²) in [4.78, 5) is 141. The maximum atomic E-state index is 14.4. The Hall–Kier alpha value is -5.88. The summed E-state index contributed by atoms with van der Waals surface area (Å²) in [6.07, 6.45) is -1.63. The van der Waals surface area contributed by atoms with Gasteiger partial charge in [0, 0.05) is 54.1 Å². The fourth-order valence-electron chi connectivity index (χ4n) is 8.80. The van der Waals surface area contributed by atoms with Crippen molar-refractivity contribution in [2.75, 3.05) is 36.5 Å². The number of carboxylic acid groups (broad SMARTS) is 1. The number of carboxylic acids is 1. The third-order valence-corrected chi connectivity index (χ3v) is 14.2. The first-order valence-corrected chi connectivity index (χ1v) is 24.3. The van der Waals surface area contributed by atoms with Crippen molar-refractivity contribution in [1.29, 1.82) is 0 Å². The Bertz CT molecular complexity index is 2280. The molecule has 9 amide bonds. The molecule has 5 rings (SSSR count). The minimum Gasteiger partial charge on any atom is -0.481 e. The Kier molecular flexibility index (Phi) is 18.7. The molecule has 12 N–H and O–H groups in total. The van der Waals surface area contributed by atoms with Gasteiger partial charge in [0.2, 0.25) is 53.2 Å². The van der Waals surface area contributed by atoms with Gasteiger partial charge in [0.15, 0.2) is 0 Å². The number of anilines is 1. The molecule has 0 spiro atoms. The Morgan fingerprint density at radius 3 is 2.31 bits per heavy atom. The molecule has 3 aliphatic heterocycles. The lowest BCUT2D eigenvalue weighted by atomic mass is 9.77. The van der Waals surface area contributed by atoms with Crippen LogP contribution in [0.5, 0.6) is 0 Å². The van der Waals surface area contributed by atoms with Gasteiger partial charge in [-0.05, 0) is 53.7 Å². The highest BCUT2D eigenvalue weighted by atomic mass is 32.2. The zero-order chi connectivity index (χ0) is 50.0. The van der Waals surface area contributed by atoms with E-state index in [-0.39, 0.29) is 30.9 Å². The number of hydrogen-bond donors (Lipinski definition) is 12. The number of primary amides is 1. The second-order valence-corrected chi connectivity index (χ2v) is 19.1. The molecule has 1 aromatic heterocycles. The number of thioether (sulfide) groups is 1. The van der Waals surface area contributed by atoms with Crippen LogP contribution in [0.4, 0.5) is 5.69 Å². The summed E-state index contributed by atoms with van der Waals surface area (Å²) >= 11 is 5.40. The number of H-pyrrole nitrogens is 1. The van der Waals surface area contributed by atoms with Crippen molar-refractivity contribution in [1.82, 2.24) is 41.8 Å². The van der Waals surface area contributed by atoms with Gasteiger partial charge in [-0.25, -0.2) is 0 Å². The minimum absolute atomic E-state index is 0.0913. The lowest BCUT2D eigenvalue weighted by molar-refractivity contribution is -0.146. The minimum atomic E-state index is -1.81. The molecular weight excluding hydrogens is 925 g/mol. The zero-order valence-corrected chi connectivity index (χ0v) is 40.1. The number of nitrogens with two attached hydrogens (primary N) is 1. The SMILES string of the molecule is CCC(C)[C@@H]1NC(=O)[C@@H]2C[C@@H](O)CN2C(=O)[C@H](CC(=O)O)NC(=O)[C@@H]2CSc3[nH]c4ccc(cc4c3C[C@@H](C(=O)NCC(N)=O)NC1=O)NC(=O)CC(CCS)[C@@H]([C@@H](C)CC)C(=O)NCC(=O)N2. The van der Waals surface area contributed by atoms with Crippen LogP contribution >= 0.6 is 24.4 Å². The quantitative estimate of drug-likeness (QED) is 0.119. The fourth-order valence-corrected chi connectivity index (χ4v) is 10.2. The van der Waals surface area contributed by atoms with Crippen LogP contribution in [0.2, 0.25) is 0 Å². The van der Waals surface area contributed by atoms with Gasteiger partial charge < -0.3 is 63.0 Å². The summed E-state index contributed by atoms with van der Waals surface area (Å²) in [6.45, 7) is 5.55. The molecule has 10 atom stereocenters. The van der Waals surface area contributed by atoms with E-state index in [4.69, 9.17) is 5.73 Å². The predicted octanol–water partition coefficient (Wildman–Crippen LogP) is -1.10. The molecule has 0 aliphatic carbocycles. The number of aliphatic hydroxyl groups excluding tert-OH is 1. The average molecular weight is 987 g/mol. The van der Waals surface area contributed by atoms with E-state index >= 15 is 0 Å². The van der Waals surface area contributed by atoms with Gasteiger partial charge in [0.25, 0.3) is 0 Å². The number of aliphatic hydroxyl groups is 1. The number of carbonyl (C=O) groups is 10. The number of benzene rings is 1. The molecule has 24 heteroatoms. The maximum Gasteiger partial charge on any atom is 0.305 e. The number of fused-ring (bicyclic) bond motifs is 4. The van der Waals surface area contributed by atoms with Crippen LogP contribution in [-0.4, -0.2) is 147 Å². The fraction of sp³-hybridized carbons (Fsp3) is 0.591. The van der Waals surface area contributed by atoms with Crippen LogP contribution in [0.25, 0.3) is 10.9 Å². The van der Waals surface area contributed by atoms with Gasteiger partial charge in [-0.1, -0.05) is 40.5 Å². The summed E-state index contributed by atoms with van der Waals surface area (Å²) in [5, 5.41) is 39.9. The first-order valence-electron chi connectivity index (χ1n) is 22.7. The van der Waals surface area contributed by atoms with Crippen LogP contribution in [-0.2, 0) is 54.4 Å². The third-order valence-electron chi connectivity index (χ3n) is 12.8. The molecule has 0 radical (unpaired) electrons. The summed E-state index contributed by atoms with van der Waals surface area (Å²) in [5.74, 6) is -10.7. The number of thiol groups is 1. The first-order chi connectivity index (χ1) is 32.2. The van der Waals surface area contributed by atoms with E-state index in [1.54, 1.807) is 32.0 Å². The lowest BCUT2D eigenvalue weighted by Crippen LogP contribution is -2.60. The van der Waals surface area contributed by atoms with Crippen molar-refractivity contribution >= 4 is 100 Å². The number of aliphatic carboxylic acids is 1. The zero-order valence-electron chi connectivity index (χ0n) is 38.3. The molecule has 22 nitrogen and oxygen atoms in total. The van der Waals surface area contributed by atoms with Gasteiger partial charge in [0.05, 0.1) is 30.6 Å². The van der Waals surface area contributed by atoms with E-state index in [0.717, 1.165) is 16.7 Å². The maximum absolute atomic E-state index is 14.4. The Labute approximate surface area is 402 Å². The standard InChI is InChI=1S/C44H62N10O12S2/c1-5-20(3)36-22(9-10-67)11-33(57)48-23-7-8-27-25(12-23)26-14-28(38(61)46-16-32(45)56)50-42(65)37(21(4)6-2)53-40(63)31-13-24(55)18-54(31)44(66)29(15-35(59)60)51-39(62)30(19-68-43(26)52-27)49-34(58)17-47-41(36)64/h7-8,12,20-22,24,28-31,36-37,52,55,67H,5-6,9-11,13-19H2,1-4H3,(H2,45,56)(H,46,61)(H,47,64)(H,48,57)(H,49,58)(H,50,65)(H,51,62)(H,53,63)(H,59,60)/t20-,21?,22?,24+,28-,29-,30-,31-,36+,37-/m0/s1. The van der Waals surface area contributed by atoms with Gasteiger partial charge in [-0.3, -0.25) is 47.9 Å². The van der Waals surface area contributed by atoms with E-state index in [0.29, 0.717) is 52.2 Å². The van der Waals surface area contributed by atoms with Crippen LogP contribution in [0.1, 0.15) is 71.8 Å². The van der Waals surface area contributed by atoms with Crippen molar-refractivity contribution in [2.45, 2.75) is 114 Å². The number of nitrogens with zero attached hydrogens (tertiary/aromatic N) is 1. The van der Waals surface area contributed by atoms with Crippen LogP contribution in [0, 0.1) is 23.7 Å². The number of nitrogens with one attached hydrogen (secondary N) is 8. The Morgan fingerprint density at radius 1 is 0.926 bits per heavy atom. The van der Waals surface area contributed by atoms with Gasteiger partial charge in [-0.15, -0.1) is 11.8 Å². The molecule has 1 fully saturated rings. The second-order valence-electron chi connectivity index (χ2n) is 17.7. The number of amides is 9. The van der Waals surface area contributed by atoms with Crippen LogP contribution < -0.4 is 43.0 Å². The normalized spacial score (nSPS) is 26.8. The molecule has 5 bridgehead atoms. The predicted molar refractivity (Wildman–Crippen MR) is 252 cm³/mol. The summed E-state index contributed by atoms with van der Waals surface area (Å²) < 4.78 is 0. The molecule has 68 heavy (non-hydrogen) atoms. The highest BCUT2D eigenvalue weighted by Crippen LogP contribution is 2.35. The van der Waals surface area contributed by atoms with Crippen molar-refractivity contribution in [2.24, 2.45) is 29.4 Å². The van der Waals surface area contributed by atoms with Gasteiger partial charge in [-0.2, -0.15) is 12.6 Å². The molecule has 2 unspecified atom stereocenters. The second kappa shape index (κ2) is 23.9. The largest absolute Gasteiger partial charge is 0.481 e. The Morgan fingerprint density at radius 2 is 1.65 bits per heavy atom. The van der Waals surface area contributed by atoms with E-state index in [1.807, 2.05) is 13.8 Å². The van der Waals surface area contributed by atoms with Crippen molar-refractivity contribution in [3.05, 3.63) is 23.8 Å². The molecule has 3 aliphatic rings. The molecule has 372 valence electrons. The number of rotatable bonds is 11. The highest BCUT2D eigenvalue weighted by Gasteiger charge is 2.44. The van der Waals surface area contributed by atoms with Crippen molar-refractivity contribution in [3.63, 3.8) is 0 Å². The molecular formula is C44H62N10O12S2. The first kappa shape index (κ1) is 53.1. The number of aromatic nitrogens is 1. The van der Waals surface area contributed by atoms with E-state index in [1.165, 1.54) is 0 Å². The molecule has 0 saturated carbocycles. The van der Waals surface area contributed by atoms with Gasteiger partial charge >= 0.3 is 5.97 Å². The summed E-state index contributed by atoms with van der Waals surface area (Å²) in [6, 6.07) is -2.61. The van der Waals surface area contributed by atoms with E-state index < -0.39 is 139 Å². The van der Waals surface area contributed by atoms with Crippen LogP contribution in [0.3, 0.4) is 0 Å². The van der Waals surface area contributed by atoms with Crippen molar-refractivity contribution in [3.8, 4) is 0 Å². The molecule has 1 saturated heterocycles. The number of carbonyl (C=O) groups excluding carboxylic acids is 9. The Balaban J connectivity index is 1.72. The van der Waals surface area contributed by atoms with E-state index in [9.17, 15) is 58.2 Å². The molecule has 2 aromatic rings. The smallest absolute Gasteiger partial charge is 0.305 e. The summed E-state index contributed by atoms with van der Waals surface area (Å²) in [7, 11) is 0. The average Bonchev–Trinajstić information content (AvgIpc) is 3.85. The molecule has 1 aromatic carbocycles. The number of aromatic amines is 1.